The molecule has 0 radical (unpaired) electrons. The van der Waals surface area contributed by atoms with Gasteiger partial charge in [-0.1, -0.05) is 5.21 Å². The van der Waals surface area contributed by atoms with E-state index in [0.717, 1.165) is 25.9 Å². The summed E-state index contributed by atoms with van der Waals surface area (Å²) < 4.78 is 2.09. The molecule has 1 aromatic heterocycles. The maximum atomic E-state index is 12.1. The third kappa shape index (κ3) is 2.10. The highest BCUT2D eigenvalue weighted by Crippen LogP contribution is 2.21. The number of piperidine rings is 1. The summed E-state index contributed by atoms with van der Waals surface area (Å²) >= 11 is 3.25. The Hall–Kier alpha value is -0.750. The first-order valence-electron chi connectivity index (χ1n) is 5.00. The van der Waals surface area contributed by atoms with Gasteiger partial charge in [-0.25, -0.2) is 4.68 Å². The van der Waals surface area contributed by atoms with Crippen molar-refractivity contribution in [2.45, 2.75) is 12.8 Å². The normalized spacial score (nSPS) is 18.0. The number of hydrogen-bond donors (Lipinski definition) is 1. The molecule has 1 aliphatic heterocycles. The van der Waals surface area contributed by atoms with Gasteiger partial charge in [-0.2, -0.15) is 0 Å². The fraction of sp³-hybridized carbons (Fsp3) is 0.667. The zero-order valence-corrected chi connectivity index (χ0v) is 10.1. The molecular weight excluding hydrogens is 260 g/mol. The van der Waals surface area contributed by atoms with Crippen LogP contribution in [0.25, 0.3) is 0 Å². The number of carbonyl (C=O) groups excluding carboxylic acids is 1. The summed E-state index contributed by atoms with van der Waals surface area (Å²) in [4.78, 5) is 12.1. The molecule has 0 spiro atoms. The maximum Gasteiger partial charge on any atom is 0.186 e. The molecular formula is C9H13BrN4O. The second kappa shape index (κ2) is 4.40. The lowest BCUT2D eigenvalue weighted by atomic mass is 9.92. The van der Waals surface area contributed by atoms with Crippen molar-refractivity contribution in [1.82, 2.24) is 20.3 Å². The van der Waals surface area contributed by atoms with Crippen molar-refractivity contribution >= 4 is 21.7 Å². The molecule has 1 saturated heterocycles. The van der Waals surface area contributed by atoms with Crippen molar-refractivity contribution in [3.8, 4) is 0 Å². The molecule has 0 atom stereocenters. The SMILES string of the molecule is Cn1nnc(Br)c1C(=O)C1CCNCC1. The van der Waals surface area contributed by atoms with Gasteiger partial charge in [0.1, 0.15) is 5.69 Å². The zero-order valence-electron chi connectivity index (χ0n) is 8.53. The fourth-order valence-corrected chi connectivity index (χ4v) is 2.39. The Morgan fingerprint density at radius 2 is 2.20 bits per heavy atom. The number of nitrogens with zero attached hydrogens (tertiary/aromatic N) is 3. The summed E-state index contributed by atoms with van der Waals surface area (Å²) in [5.41, 5.74) is 0.585. The van der Waals surface area contributed by atoms with Crippen molar-refractivity contribution < 1.29 is 4.79 Å². The molecule has 0 unspecified atom stereocenters. The van der Waals surface area contributed by atoms with Crippen molar-refractivity contribution in [2.24, 2.45) is 13.0 Å². The van der Waals surface area contributed by atoms with E-state index in [9.17, 15) is 4.79 Å². The number of aromatic nitrogens is 3. The Balaban J connectivity index is 2.19. The number of hydrogen-bond acceptors (Lipinski definition) is 4. The highest BCUT2D eigenvalue weighted by atomic mass is 79.9. The number of rotatable bonds is 2. The third-order valence-electron chi connectivity index (χ3n) is 2.73. The molecule has 15 heavy (non-hydrogen) atoms. The highest BCUT2D eigenvalue weighted by molar-refractivity contribution is 9.10. The minimum Gasteiger partial charge on any atom is -0.317 e. The molecule has 5 nitrogen and oxygen atoms in total. The second-order valence-corrected chi connectivity index (χ2v) is 4.49. The molecule has 1 N–H and O–H groups in total. The number of ketones is 1. The molecule has 6 heteroatoms. The molecule has 0 aromatic carbocycles. The van der Waals surface area contributed by atoms with E-state index >= 15 is 0 Å². The summed E-state index contributed by atoms with van der Waals surface area (Å²) in [5.74, 6) is 0.260. The molecule has 0 bridgehead atoms. The van der Waals surface area contributed by atoms with Crippen LogP contribution in [-0.2, 0) is 7.05 Å². The minimum absolute atomic E-state index is 0.111. The number of halogens is 1. The van der Waals surface area contributed by atoms with Crippen LogP contribution in [0.4, 0.5) is 0 Å². The van der Waals surface area contributed by atoms with Gasteiger partial charge in [-0.15, -0.1) is 5.10 Å². The number of carbonyl (C=O) groups is 1. The molecule has 1 aliphatic rings. The zero-order chi connectivity index (χ0) is 10.8. The second-order valence-electron chi connectivity index (χ2n) is 3.74. The summed E-state index contributed by atoms with van der Waals surface area (Å²) in [7, 11) is 1.74. The van der Waals surface area contributed by atoms with Crippen LogP contribution >= 0.6 is 15.9 Å². The number of Topliss-reactive ketones (excluding diaryl/α,β-unsaturated/α-hetero) is 1. The summed E-state index contributed by atoms with van der Waals surface area (Å²) in [6.45, 7) is 1.83. The van der Waals surface area contributed by atoms with Crippen LogP contribution in [0, 0.1) is 5.92 Å². The first kappa shape index (κ1) is 10.8. The highest BCUT2D eigenvalue weighted by Gasteiger charge is 2.26. The molecule has 1 fully saturated rings. The van der Waals surface area contributed by atoms with E-state index in [1.807, 2.05) is 0 Å². The van der Waals surface area contributed by atoms with Crippen molar-refractivity contribution in [1.29, 1.82) is 0 Å². The van der Waals surface area contributed by atoms with Gasteiger partial charge < -0.3 is 5.32 Å². The van der Waals surface area contributed by atoms with Crippen molar-refractivity contribution in [3.63, 3.8) is 0 Å². The van der Waals surface area contributed by atoms with Gasteiger partial charge >= 0.3 is 0 Å². The van der Waals surface area contributed by atoms with Gasteiger partial charge in [0.25, 0.3) is 0 Å². The lowest BCUT2D eigenvalue weighted by molar-refractivity contribution is 0.0884. The van der Waals surface area contributed by atoms with Crippen LogP contribution in [0.1, 0.15) is 23.3 Å². The smallest absolute Gasteiger partial charge is 0.186 e. The Labute approximate surface area is 96.4 Å². The van der Waals surface area contributed by atoms with Gasteiger partial charge in [-0.05, 0) is 41.9 Å². The summed E-state index contributed by atoms with van der Waals surface area (Å²) in [6, 6.07) is 0. The Bertz CT molecular complexity index is 351. The van der Waals surface area contributed by atoms with Gasteiger partial charge in [-0.3, -0.25) is 4.79 Å². The van der Waals surface area contributed by atoms with E-state index in [1.165, 1.54) is 4.68 Å². The average molecular weight is 273 g/mol. The third-order valence-corrected chi connectivity index (χ3v) is 3.26. The topological polar surface area (TPSA) is 59.8 Å². The van der Waals surface area contributed by atoms with E-state index in [-0.39, 0.29) is 11.7 Å². The van der Waals surface area contributed by atoms with E-state index in [1.54, 1.807) is 7.05 Å². The van der Waals surface area contributed by atoms with E-state index in [2.05, 4.69) is 31.6 Å². The van der Waals surface area contributed by atoms with E-state index in [4.69, 9.17) is 0 Å². The lowest BCUT2D eigenvalue weighted by Crippen LogP contribution is -2.32. The van der Waals surface area contributed by atoms with Gasteiger partial charge in [0.2, 0.25) is 0 Å². The fourth-order valence-electron chi connectivity index (χ4n) is 1.87. The van der Waals surface area contributed by atoms with Crippen LogP contribution in [0.5, 0.6) is 0 Å². The molecule has 0 saturated carbocycles. The first-order chi connectivity index (χ1) is 7.20. The van der Waals surface area contributed by atoms with E-state index in [0.29, 0.717) is 10.3 Å². The molecule has 2 rings (SSSR count). The first-order valence-corrected chi connectivity index (χ1v) is 5.79. The molecule has 2 heterocycles. The van der Waals surface area contributed by atoms with Crippen LogP contribution in [0.2, 0.25) is 0 Å². The Morgan fingerprint density at radius 1 is 1.53 bits per heavy atom. The van der Waals surface area contributed by atoms with Crippen LogP contribution in [0.3, 0.4) is 0 Å². The van der Waals surface area contributed by atoms with Crippen LogP contribution < -0.4 is 5.32 Å². The van der Waals surface area contributed by atoms with Gasteiger partial charge in [0.15, 0.2) is 10.4 Å². The molecule has 1 aromatic rings. The summed E-state index contributed by atoms with van der Waals surface area (Å²) in [5, 5.41) is 10.9. The predicted octanol–water partition coefficient (Wildman–Crippen LogP) is 0.760. The Kier molecular flexibility index (Phi) is 3.16. The lowest BCUT2D eigenvalue weighted by Gasteiger charge is -2.21. The standard InChI is InChI=1S/C9H13BrN4O/c1-14-7(9(10)12-13-14)8(15)6-2-4-11-5-3-6/h6,11H,2-5H2,1H3. The van der Waals surface area contributed by atoms with Crippen molar-refractivity contribution in [3.05, 3.63) is 10.3 Å². The Morgan fingerprint density at radius 3 is 2.73 bits per heavy atom. The minimum atomic E-state index is 0.111. The number of aryl methyl sites for hydroxylation is 1. The molecule has 0 amide bonds. The molecule has 0 aliphatic carbocycles. The monoisotopic (exact) mass is 272 g/mol. The van der Waals surface area contributed by atoms with Crippen molar-refractivity contribution in [2.75, 3.05) is 13.1 Å². The quantitative estimate of drug-likeness (QED) is 0.808. The number of nitrogens with one attached hydrogen (secondary N) is 1. The average Bonchev–Trinajstić information content (AvgIpc) is 2.59. The maximum absolute atomic E-state index is 12.1. The van der Waals surface area contributed by atoms with Crippen LogP contribution in [0.15, 0.2) is 4.60 Å². The molecule has 82 valence electrons. The van der Waals surface area contributed by atoms with E-state index < -0.39 is 0 Å². The van der Waals surface area contributed by atoms with Gasteiger partial charge in [0, 0.05) is 13.0 Å². The van der Waals surface area contributed by atoms with Crippen LogP contribution in [-0.4, -0.2) is 33.9 Å². The van der Waals surface area contributed by atoms with Gasteiger partial charge in [0.05, 0.1) is 0 Å². The largest absolute Gasteiger partial charge is 0.317 e. The summed E-state index contributed by atoms with van der Waals surface area (Å²) in [6.07, 6.45) is 1.80. The predicted molar refractivity (Wildman–Crippen MR) is 58.6 cm³/mol.